The number of halogens is 1. The van der Waals surface area contributed by atoms with Crippen molar-refractivity contribution in [3.63, 3.8) is 0 Å². The number of pyridine rings is 1. The summed E-state index contributed by atoms with van der Waals surface area (Å²) in [7, 11) is 1.71. The highest BCUT2D eigenvalue weighted by molar-refractivity contribution is 9.10. The lowest BCUT2D eigenvalue weighted by Crippen LogP contribution is -2.35. The van der Waals surface area contributed by atoms with Gasteiger partial charge in [-0.15, -0.1) is 0 Å². The van der Waals surface area contributed by atoms with Gasteiger partial charge in [0.25, 0.3) is 0 Å². The van der Waals surface area contributed by atoms with E-state index < -0.39 is 5.60 Å². The normalized spacial score (nSPS) is 18.7. The number of aliphatic hydroxyl groups excluding tert-OH is 1. The van der Waals surface area contributed by atoms with Crippen LogP contribution in [0.2, 0.25) is 0 Å². The molecule has 1 N–H and O–H groups in total. The number of ether oxygens (including phenoxy) is 4. The van der Waals surface area contributed by atoms with Crippen molar-refractivity contribution in [1.29, 1.82) is 0 Å². The maximum atomic E-state index is 12.9. The minimum absolute atomic E-state index is 0.0577. The molecule has 2 aromatic heterocycles. The highest BCUT2D eigenvalue weighted by Crippen LogP contribution is 2.42. The molecular weight excluding hydrogens is 662 g/mol. The fourth-order valence-electron chi connectivity index (χ4n) is 6.67. The van der Waals surface area contributed by atoms with E-state index in [1.165, 1.54) is 0 Å². The number of aliphatic hydroxyl groups is 1. The summed E-state index contributed by atoms with van der Waals surface area (Å²) in [5.74, 6) is 0.127. The molecule has 2 aliphatic rings. The Balaban J connectivity index is 1.62. The van der Waals surface area contributed by atoms with Crippen molar-refractivity contribution in [3.8, 4) is 11.3 Å². The summed E-state index contributed by atoms with van der Waals surface area (Å²) in [6.45, 7) is 15.9. The molecule has 10 heteroatoms. The Morgan fingerprint density at radius 1 is 1.15 bits per heavy atom. The van der Waals surface area contributed by atoms with Gasteiger partial charge in [0, 0.05) is 79.6 Å². The lowest BCUT2D eigenvalue weighted by molar-refractivity contribution is -0.0336. The smallest absolute Gasteiger partial charge is 0.410 e. The number of amides is 1. The van der Waals surface area contributed by atoms with Crippen LogP contribution in [0.3, 0.4) is 0 Å². The Labute approximate surface area is 288 Å². The van der Waals surface area contributed by atoms with E-state index in [9.17, 15) is 9.90 Å². The molecule has 4 heterocycles. The van der Waals surface area contributed by atoms with Crippen LogP contribution in [0.1, 0.15) is 89.6 Å². The molecule has 258 valence electrons. The minimum atomic E-state index is -0.544. The monoisotopic (exact) mass is 713 g/mol. The molecule has 2 saturated heterocycles. The molecule has 0 spiro atoms. The first kappa shape index (κ1) is 35.8. The summed E-state index contributed by atoms with van der Waals surface area (Å²) < 4.78 is 26.9. The summed E-state index contributed by atoms with van der Waals surface area (Å²) in [4.78, 5) is 19.8. The number of likely N-dealkylation sites (tertiary alicyclic amines) is 1. The molecule has 1 amide bonds. The van der Waals surface area contributed by atoms with Crippen LogP contribution in [0, 0.1) is 5.41 Å². The molecule has 2 fully saturated rings. The number of rotatable bonds is 11. The zero-order chi connectivity index (χ0) is 33.9. The van der Waals surface area contributed by atoms with Crippen LogP contribution in [-0.2, 0) is 31.9 Å². The number of fused-ring (bicyclic) bond motifs is 1. The molecule has 9 nitrogen and oxygen atoms in total. The van der Waals surface area contributed by atoms with Gasteiger partial charge in [0.1, 0.15) is 5.60 Å². The molecular formula is C37H52BrN3O6. The van der Waals surface area contributed by atoms with Gasteiger partial charge in [-0.2, -0.15) is 0 Å². The number of carbonyl (C=O) groups is 1. The molecule has 0 bridgehead atoms. The second-order valence-electron chi connectivity index (χ2n) is 14.8. The molecule has 2 atom stereocenters. The first-order valence-corrected chi connectivity index (χ1v) is 17.7. The largest absolute Gasteiger partial charge is 0.444 e. The number of hydrogen-bond donors (Lipinski definition) is 1. The van der Waals surface area contributed by atoms with Gasteiger partial charge in [-0.25, -0.2) is 4.79 Å². The van der Waals surface area contributed by atoms with E-state index in [1.807, 2.05) is 33.9 Å². The van der Waals surface area contributed by atoms with E-state index in [0.717, 1.165) is 75.9 Å². The van der Waals surface area contributed by atoms with Crippen LogP contribution in [0.15, 0.2) is 34.9 Å². The Kier molecular flexibility index (Phi) is 11.4. The zero-order valence-corrected chi connectivity index (χ0v) is 30.7. The summed E-state index contributed by atoms with van der Waals surface area (Å²) >= 11 is 3.73. The highest BCUT2D eigenvalue weighted by atomic mass is 79.9. The molecule has 47 heavy (non-hydrogen) atoms. The third-order valence-corrected chi connectivity index (χ3v) is 9.79. The first-order chi connectivity index (χ1) is 22.3. The topological polar surface area (TPSA) is 95.3 Å². The predicted octanol–water partition coefficient (Wildman–Crippen LogP) is 7.65. The molecule has 1 unspecified atom stereocenters. The van der Waals surface area contributed by atoms with Gasteiger partial charge in [0.15, 0.2) is 0 Å². The van der Waals surface area contributed by atoms with Gasteiger partial charge in [0.2, 0.25) is 0 Å². The summed E-state index contributed by atoms with van der Waals surface area (Å²) in [5.41, 5.74) is 5.40. The molecule has 3 aromatic rings. The standard InChI is InChI=1S/C37H52BrN3O6/c1-24(44-7)33-30(18-26(21-39-33)25-10-13-40(22-25)35(43)47-36(2,3)4)34-31(20-37(5,6)23-42)29-19-27(38)8-9-32(29)41(34)14-17-46-28-11-15-45-16-12-28/h8-9,18-19,21,24-25,28,42H,10-17,20,22-23H2,1-7H3/t24-,25?/m0/s1. The summed E-state index contributed by atoms with van der Waals surface area (Å²) in [5, 5.41) is 11.6. The summed E-state index contributed by atoms with van der Waals surface area (Å²) in [6.07, 6.45) is 4.93. The third-order valence-electron chi connectivity index (χ3n) is 9.30. The van der Waals surface area contributed by atoms with Gasteiger partial charge in [-0.1, -0.05) is 29.8 Å². The van der Waals surface area contributed by atoms with E-state index >= 15 is 0 Å². The average molecular weight is 715 g/mol. The van der Waals surface area contributed by atoms with Gasteiger partial charge >= 0.3 is 6.09 Å². The summed E-state index contributed by atoms with van der Waals surface area (Å²) in [6, 6.07) is 8.69. The second kappa shape index (κ2) is 14.9. The Morgan fingerprint density at radius 2 is 1.89 bits per heavy atom. The quantitative estimate of drug-likeness (QED) is 0.218. The average Bonchev–Trinajstić information content (AvgIpc) is 3.64. The van der Waals surface area contributed by atoms with Gasteiger partial charge in [-0.05, 0) is 94.2 Å². The predicted molar refractivity (Wildman–Crippen MR) is 188 cm³/mol. The molecule has 5 rings (SSSR count). The number of methoxy groups -OCH3 is 1. The van der Waals surface area contributed by atoms with E-state index in [0.29, 0.717) is 32.7 Å². The lowest BCUT2D eigenvalue weighted by Gasteiger charge is -2.26. The van der Waals surface area contributed by atoms with Gasteiger partial charge in [-0.3, -0.25) is 4.98 Å². The number of benzene rings is 1. The Bertz CT molecular complexity index is 1540. The molecule has 0 aliphatic carbocycles. The number of nitrogens with zero attached hydrogens (tertiary/aromatic N) is 3. The van der Waals surface area contributed by atoms with Crippen LogP contribution in [0.25, 0.3) is 22.2 Å². The number of carbonyl (C=O) groups excluding carboxylic acids is 1. The van der Waals surface area contributed by atoms with Crippen LogP contribution < -0.4 is 0 Å². The molecule has 0 saturated carbocycles. The maximum absolute atomic E-state index is 12.9. The van der Waals surface area contributed by atoms with Crippen molar-refractivity contribution in [2.45, 2.75) is 97.5 Å². The fourth-order valence-corrected chi connectivity index (χ4v) is 7.03. The van der Waals surface area contributed by atoms with Gasteiger partial charge < -0.3 is 33.5 Å². The first-order valence-electron chi connectivity index (χ1n) is 16.9. The highest BCUT2D eigenvalue weighted by Gasteiger charge is 2.33. The van der Waals surface area contributed by atoms with Crippen LogP contribution >= 0.6 is 15.9 Å². The van der Waals surface area contributed by atoms with Crippen LogP contribution in [0.4, 0.5) is 4.79 Å². The van der Waals surface area contributed by atoms with Crippen molar-refractivity contribution >= 4 is 32.9 Å². The lowest BCUT2D eigenvalue weighted by atomic mass is 9.84. The Hall–Kier alpha value is -2.50. The van der Waals surface area contributed by atoms with E-state index in [-0.39, 0.29) is 36.2 Å². The zero-order valence-electron chi connectivity index (χ0n) is 29.1. The van der Waals surface area contributed by atoms with Crippen molar-refractivity contribution in [2.75, 3.05) is 46.6 Å². The molecule has 0 radical (unpaired) electrons. The van der Waals surface area contributed by atoms with E-state index in [4.69, 9.17) is 23.9 Å². The minimum Gasteiger partial charge on any atom is -0.444 e. The third kappa shape index (κ3) is 8.57. The fraction of sp³-hybridized carbons (Fsp3) is 0.622. The molecule has 1 aromatic carbocycles. The molecule has 2 aliphatic heterocycles. The second-order valence-corrected chi connectivity index (χ2v) is 15.7. The maximum Gasteiger partial charge on any atom is 0.410 e. The Morgan fingerprint density at radius 3 is 2.57 bits per heavy atom. The van der Waals surface area contributed by atoms with Crippen LogP contribution in [-0.4, -0.2) is 84.0 Å². The van der Waals surface area contributed by atoms with Crippen LogP contribution in [0.5, 0.6) is 0 Å². The van der Waals surface area contributed by atoms with E-state index in [2.05, 4.69) is 58.6 Å². The van der Waals surface area contributed by atoms with Crippen molar-refractivity contribution in [1.82, 2.24) is 14.5 Å². The number of hydrogen-bond acceptors (Lipinski definition) is 7. The van der Waals surface area contributed by atoms with E-state index in [1.54, 1.807) is 12.0 Å². The van der Waals surface area contributed by atoms with Crippen molar-refractivity contribution in [2.24, 2.45) is 5.41 Å². The van der Waals surface area contributed by atoms with Crippen molar-refractivity contribution in [3.05, 3.63) is 51.8 Å². The SMILES string of the molecule is CO[C@@H](C)c1ncc(C2CCN(C(=O)OC(C)(C)C)C2)cc1-c1c(CC(C)(C)CO)c2cc(Br)ccc2n1CCOC1CCOCC1. The van der Waals surface area contributed by atoms with Crippen molar-refractivity contribution < 1.29 is 28.8 Å². The number of aromatic nitrogens is 2. The van der Waals surface area contributed by atoms with Gasteiger partial charge in [0.05, 0.1) is 30.2 Å².